The molecule has 112 valence electrons. The van der Waals surface area contributed by atoms with Crippen LogP contribution in [0, 0.1) is 11.8 Å². The van der Waals surface area contributed by atoms with Gasteiger partial charge in [0, 0.05) is 18.6 Å². The number of nitrogens with one attached hydrogen (secondary N) is 1. The molecule has 2 aliphatic rings. The van der Waals surface area contributed by atoms with Crippen molar-refractivity contribution in [2.75, 3.05) is 19.6 Å². The van der Waals surface area contributed by atoms with E-state index < -0.39 is 0 Å². The van der Waals surface area contributed by atoms with Crippen molar-refractivity contribution in [3.8, 4) is 0 Å². The number of hydrogen-bond acceptors (Lipinski definition) is 2. The molecule has 0 amide bonds. The molecule has 1 aliphatic carbocycles. The highest BCUT2D eigenvalue weighted by atomic mass is 15.2. The predicted molar refractivity (Wildman–Crippen MR) is 83.5 cm³/mol. The maximum absolute atomic E-state index is 3.65. The maximum Gasteiger partial charge on any atom is 0.0117 e. The Bertz CT molecular complexity index is 246. The number of likely N-dealkylation sites (tertiary alicyclic amines) is 1. The van der Waals surface area contributed by atoms with Crippen LogP contribution in [-0.4, -0.2) is 36.6 Å². The van der Waals surface area contributed by atoms with Crippen molar-refractivity contribution >= 4 is 0 Å². The molecule has 0 aromatic heterocycles. The first kappa shape index (κ1) is 15.3. The van der Waals surface area contributed by atoms with Gasteiger partial charge < -0.3 is 10.2 Å². The molecule has 0 aromatic carbocycles. The Morgan fingerprint density at radius 3 is 2.37 bits per heavy atom. The monoisotopic (exact) mass is 266 g/mol. The van der Waals surface area contributed by atoms with Gasteiger partial charge in [0.25, 0.3) is 0 Å². The molecule has 2 atom stereocenters. The van der Waals surface area contributed by atoms with Gasteiger partial charge in [-0.15, -0.1) is 0 Å². The minimum atomic E-state index is 0.762. The average molecular weight is 266 g/mol. The number of hydrogen-bond donors (Lipinski definition) is 1. The van der Waals surface area contributed by atoms with Crippen molar-refractivity contribution in [3.63, 3.8) is 0 Å². The zero-order valence-electron chi connectivity index (χ0n) is 13.3. The summed E-state index contributed by atoms with van der Waals surface area (Å²) in [5, 5.41) is 3.65. The van der Waals surface area contributed by atoms with Gasteiger partial charge in [-0.05, 0) is 57.0 Å². The summed E-state index contributed by atoms with van der Waals surface area (Å²) in [6.45, 7) is 10.8. The molecule has 2 rings (SSSR count). The van der Waals surface area contributed by atoms with Crippen LogP contribution >= 0.6 is 0 Å². The number of piperidine rings is 1. The Hall–Kier alpha value is -0.0800. The second-order valence-corrected chi connectivity index (χ2v) is 6.89. The summed E-state index contributed by atoms with van der Waals surface area (Å²) in [6.07, 6.45) is 10.1. The summed E-state index contributed by atoms with van der Waals surface area (Å²) in [5.74, 6) is 1.86. The first-order chi connectivity index (χ1) is 9.24. The second-order valence-electron chi connectivity index (χ2n) is 6.89. The third-order valence-corrected chi connectivity index (χ3v) is 5.43. The standard InChI is InChI=1S/C17H34N2/c1-4-6-15-7-9-16(10-8-15)19-12-11-17(18-5-2)14(3)13-19/h14-18H,4-13H2,1-3H3. The van der Waals surface area contributed by atoms with E-state index in [0.717, 1.165) is 30.5 Å². The molecule has 1 saturated heterocycles. The van der Waals surface area contributed by atoms with Gasteiger partial charge in [-0.1, -0.05) is 33.6 Å². The van der Waals surface area contributed by atoms with Gasteiger partial charge in [-0.3, -0.25) is 0 Å². The van der Waals surface area contributed by atoms with Crippen molar-refractivity contribution in [2.45, 2.75) is 77.8 Å². The lowest BCUT2D eigenvalue weighted by atomic mass is 9.81. The van der Waals surface area contributed by atoms with Crippen LogP contribution in [0.2, 0.25) is 0 Å². The first-order valence-corrected chi connectivity index (χ1v) is 8.72. The van der Waals surface area contributed by atoms with Gasteiger partial charge in [0.1, 0.15) is 0 Å². The zero-order chi connectivity index (χ0) is 13.7. The highest BCUT2D eigenvalue weighted by molar-refractivity contribution is 4.87. The minimum Gasteiger partial charge on any atom is -0.314 e. The molecule has 0 radical (unpaired) electrons. The van der Waals surface area contributed by atoms with E-state index in [0.29, 0.717) is 0 Å². The fourth-order valence-corrected chi connectivity index (χ4v) is 4.28. The summed E-state index contributed by atoms with van der Waals surface area (Å²) in [7, 11) is 0. The second kappa shape index (κ2) is 7.64. The molecule has 2 heteroatoms. The van der Waals surface area contributed by atoms with E-state index >= 15 is 0 Å². The van der Waals surface area contributed by atoms with E-state index in [1.807, 2.05) is 0 Å². The van der Waals surface area contributed by atoms with Crippen LogP contribution in [0.25, 0.3) is 0 Å². The predicted octanol–water partition coefficient (Wildman–Crippen LogP) is 3.67. The molecule has 2 nitrogen and oxygen atoms in total. The lowest BCUT2D eigenvalue weighted by Gasteiger charge is -2.43. The van der Waals surface area contributed by atoms with Crippen LogP contribution in [0.5, 0.6) is 0 Å². The van der Waals surface area contributed by atoms with Crippen LogP contribution in [0.15, 0.2) is 0 Å². The Morgan fingerprint density at radius 1 is 1.05 bits per heavy atom. The Balaban J connectivity index is 1.75. The van der Waals surface area contributed by atoms with Gasteiger partial charge >= 0.3 is 0 Å². The molecule has 1 heterocycles. The summed E-state index contributed by atoms with van der Waals surface area (Å²) < 4.78 is 0. The lowest BCUT2D eigenvalue weighted by Crippen LogP contribution is -2.52. The fourth-order valence-electron chi connectivity index (χ4n) is 4.28. The molecule has 1 N–H and O–H groups in total. The van der Waals surface area contributed by atoms with Crippen molar-refractivity contribution in [3.05, 3.63) is 0 Å². The van der Waals surface area contributed by atoms with E-state index in [9.17, 15) is 0 Å². The van der Waals surface area contributed by atoms with Crippen LogP contribution in [-0.2, 0) is 0 Å². The van der Waals surface area contributed by atoms with Crippen LogP contribution < -0.4 is 5.32 Å². The van der Waals surface area contributed by atoms with E-state index in [1.54, 1.807) is 0 Å². The Morgan fingerprint density at radius 2 is 1.79 bits per heavy atom. The van der Waals surface area contributed by atoms with E-state index in [4.69, 9.17) is 0 Å². The molecular weight excluding hydrogens is 232 g/mol. The largest absolute Gasteiger partial charge is 0.314 e. The quantitative estimate of drug-likeness (QED) is 0.817. The van der Waals surface area contributed by atoms with E-state index in [2.05, 4.69) is 31.0 Å². The van der Waals surface area contributed by atoms with Gasteiger partial charge in [0.15, 0.2) is 0 Å². The van der Waals surface area contributed by atoms with Gasteiger partial charge in [-0.2, -0.15) is 0 Å². The zero-order valence-corrected chi connectivity index (χ0v) is 13.3. The topological polar surface area (TPSA) is 15.3 Å². The summed E-state index contributed by atoms with van der Waals surface area (Å²) in [5.41, 5.74) is 0. The Labute approximate surface area is 120 Å². The molecule has 0 aromatic rings. The number of nitrogens with zero attached hydrogens (tertiary/aromatic N) is 1. The third kappa shape index (κ3) is 4.19. The van der Waals surface area contributed by atoms with E-state index in [1.165, 1.54) is 58.0 Å². The van der Waals surface area contributed by atoms with Crippen LogP contribution in [0.4, 0.5) is 0 Å². The average Bonchev–Trinajstić information content (AvgIpc) is 2.43. The third-order valence-electron chi connectivity index (χ3n) is 5.43. The Kier molecular flexibility index (Phi) is 6.15. The summed E-state index contributed by atoms with van der Waals surface area (Å²) >= 11 is 0. The van der Waals surface area contributed by atoms with Crippen molar-refractivity contribution < 1.29 is 0 Å². The molecule has 0 bridgehead atoms. The lowest BCUT2D eigenvalue weighted by molar-refractivity contribution is 0.0735. The van der Waals surface area contributed by atoms with Crippen LogP contribution in [0.1, 0.15) is 65.7 Å². The van der Waals surface area contributed by atoms with Gasteiger partial charge in [-0.25, -0.2) is 0 Å². The highest BCUT2D eigenvalue weighted by Gasteiger charge is 2.31. The number of rotatable bonds is 5. The van der Waals surface area contributed by atoms with Crippen molar-refractivity contribution in [1.82, 2.24) is 10.2 Å². The smallest absolute Gasteiger partial charge is 0.0117 e. The molecule has 2 unspecified atom stereocenters. The normalized spacial score (nSPS) is 37.4. The molecule has 1 saturated carbocycles. The molecule has 0 spiro atoms. The molecule has 1 aliphatic heterocycles. The minimum absolute atomic E-state index is 0.762. The summed E-state index contributed by atoms with van der Waals surface area (Å²) in [4.78, 5) is 2.81. The molecule has 19 heavy (non-hydrogen) atoms. The summed E-state index contributed by atoms with van der Waals surface area (Å²) in [6, 6.07) is 1.66. The van der Waals surface area contributed by atoms with Crippen molar-refractivity contribution in [2.24, 2.45) is 11.8 Å². The van der Waals surface area contributed by atoms with E-state index in [-0.39, 0.29) is 0 Å². The van der Waals surface area contributed by atoms with Gasteiger partial charge in [0.05, 0.1) is 0 Å². The molecular formula is C17H34N2. The molecule has 2 fully saturated rings. The first-order valence-electron chi connectivity index (χ1n) is 8.72. The van der Waals surface area contributed by atoms with Crippen molar-refractivity contribution in [1.29, 1.82) is 0 Å². The fraction of sp³-hybridized carbons (Fsp3) is 1.00. The highest BCUT2D eigenvalue weighted by Crippen LogP contribution is 2.32. The SMILES string of the molecule is CCCC1CCC(N2CCC(NCC)C(C)C2)CC1. The van der Waals surface area contributed by atoms with Gasteiger partial charge in [0.2, 0.25) is 0 Å². The maximum atomic E-state index is 3.65. The van der Waals surface area contributed by atoms with Crippen LogP contribution in [0.3, 0.4) is 0 Å².